The summed E-state index contributed by atoms with van der Waals surface area (Å²) in [6.45, 7) is 4.60. The zero-order valence-electron chi connectivity index (χ0n) is 13.2. The van der Waals surface area contributed by atoms with Crippen molar-refractivity contribution in [2.45, 2.75) is 32.7 Å². The number of carbonyl (C=O) groups is 1. The molecule has 1 atom stereocenters. The molecule has 3 heterocycles. The fraction of sp³-hybridized carbons (Fsp3) is 0.533. The molecular weight excluding hydrogens is 282 g/mol. The van der Waals surface area contributed by atoms with E-state index >= 15 is 0 Å². The largest absolute Gasteiger partial charge is 0.480 e. The van der Waals surface area contributed by atoms with Crippen LogP contribution in [0.2, 0.25) is 0 Å². The number of carbonyl (C=O) groups excluding carboxylic acids is 1. The lowest BCUT2D eigenvalue weighted by Gasteiger charge is -2.23. The van der Waals surface area contributed by atoms with Crippen LogP contribution in [0.5, 0.6) is 5.75 Å². The van der Waals surface area contributed by atoms with Crippen LogP contribution < -0.4 is 4.74 Å². The van der Waals surface area contributed by atoms with Gasteiger partial charge in [-0.1, -0.05) is 0 Å². The second-order valence-corrected chi connectivity index (χ2v) is 5.63. The van der Waals surface area contributed by atoms with Gasteiger partial charge in [0.25, 0.3) is 5.91 Å². The lowest BCUT2D eigenvalue weighted by Crippen LogP contribution is -2.35. The minimum absolute atomic E-state index is 0.0125. The van der Waals surface area contributed by atoms with Crippen molar-refractivity contribution in [3.8, 4) is 5.75 Å². The van der Waals surface area contributed by atoms with E-state index in [1.54, 1.807) is 17.1 Å². The summed E-state index contributed by atoms with van der Waals surface area (Å²) in [4.78, 5) is 21.7. The molecule has 1 fully saturated rings. The number of nitrogens with zero attached hydrogens (tertiary/aromatic N) is 4. The highest BCUT2D eigenvalue weighted by molar-refractivity contribution is 5.78. The minimum atomic E-state index is -0.0125. The van der Waals surface area contributed by atoms with Gasteiger partial charge in [0.05, 0.1) is 11.7 Å². The average molecular weight is 303 g/mol. The maximum absolute atomic E-state index is 12.5. The van der Waals surface area contributed by atoms with Crippen molar-refractivity contribution in [2.75, 3.05) is 13.2 Å². The number of nitrogens with one attached hydrogen (secondary N) is 1. The number of likely N-dealkylation sites (tertiary alicyclic amines) is 1. The molecular formula is C15H21N5O2. The Morgan fingerprint density at radius 1 is 1.50 bits per heavy atom. The molecule has 2 aromatic rings. The number of hydrogen-bond donors (Lipinski definition) is 1. The third-order valence-corrected chi connectivity index (χ3v) is 4.19. The van der Waals surface area contributed by atoms with Crippen LogP contribution in [0.3, 0.4) is 0 Å². The van der Waals surface area contributed by atoms with Gasteiger partial charge in [-0.05, 0) is 26.7 Å². The summed E-state index contributed by atoms with van der Waals surface area (Å²) in [6, 6.07) is 0.0298. The highest BCUT2D eigenvalue weighted by Crippen LogP contribution is 2.30. The molecule has 1 aliphatic rings. The molecule has 1 N–H and O–H groups in total. The molecule has 0 saturated carbocycles. The smallest absolute Gasteiger partial charge is 0.261 e. The van der Waals surface area contributed by atoms with E-state index in [9.17, 15) is 4.79 Å². The molecule has 0 bridgehead atoms. The molecule has 0 aliphatic carbocycles. The normalized spacial score (nSPS) is 18.0. The molecule has 118 valence electrons. The maximum Gasteiger partial charge on any atom is 0.261 e. The van der Waals surface area contributed by atoms with E-state index in [4.69, 9.17) is 4.74 Å². The fourth-order valence-corrected chi connectivity index (χ4v) is 2.99. The molecule has 3 rings (SSSR count). The van der Waals surface area contributed by atoms with Gasteiger partial charge in [-0.15, -0.1) is 0 Å². The Balaban J connectivity index is 1.67. The Kier molecular flexibility index (Phi) is 3.87. The first-order valence-electron chi connectivity index (χ1n) is 7.49. The van der Waals surface area contributed by atoms with Crippen molar-refractivity contribution < 1.29 is 9.53 Å². The van der Waals surface area contributed by atoms with Gasteiger partial charge in [-0.25, -0.2) is 4.98 Å². The van der Waals surface area contributed by atoms with Gasteiger partial charge in [-0.2, -0.15) is 5.10 Å². The minimum Gasteiger partial charge on any atom is -0.480 e. The number of imidazole rings is 1. The number of H-pyrrole nitrogens is 1. The monoisotopic (exact) mass is 303 g/mol. The molecule has 1 saturated heterocycles. The van der Waals surface area contributed by atoms with Crippen molar-refractivity contribution >= 4 is 5.91 Å². The molecule has 0 radical (unpaired) electrons. The van der Waals surface area contributed by atoms with Crippen LogP contribution >= 0.6 is 0 Å². The predicted molar refractivity (Wildman–Crippen MR) is 80.5 cm³/mol. The third-order valence-electron chi connectivity index (χ3n) is 4.19. The van der Waals surface area contributed by atoms with Gasteiger partial charge in [0.15, 0.2) is 12.4 Å². The molecule has 0 aromatic carbocycles. The van der Waals surface area contributed by atoms with Crippen LogP contribution in [0.1, 0.15) is 36.1 Å². The van der Waals surface area contributed by atoms with Crippen LogP contribution in [0, 0.1) is 13.8 Å². The first-order valence-corrected chi connectivity index (χ1v) is 7.49. The zero-order valence-corrected chi connectivity index (χ0v) is 13.2. The van der Waals surface area contributed by atoms with E-state index in [0.717, 1.165) is 36.6 Å². The standard InChI is InChI=1S/C15H21N5O2/c1-10-14(11(2)19(3)18-10)22-9-13(21)20-8-4-5-12(20)15-16-6-7-17-15/h6-7,12H,4-5,8-9H2,1-3H3,(H,16,17). The van der Waals surface area contributed by atoms with Crippen molar-refractivity contribution in [2.24, 2.45) is 7.05 Å². The van der Waals surface area contributed by atoms with Crippen molar-refractivity contribution in [3.63, 3.8) is 0 Å². The second kappa shape index (κ2) is 5.82. The summed E-state index contributed by atoms with van der Waals surface area (Å²) >= 11 is 0. The van der Waals surface area contributed by atoms with Crippen molar-refractivity contribution in [3.05, 3.63) is 29.6 Å². The molecule has 1 amide bonds. The Morgan fingerprint density at radius 2 is 2.32 bits per heavy atom. The molecule has 1 unspecified atom stereocenters. The summed E-state index contributed by atoms with van der Waals surface area (Å²) in [5, 5.41) is 4.29. The number of aromatic nitrogens is 4. The Labute approximate surface area is 129 Å². The second-order valence-electron chi connectivity index (χ2n) is 5.63. The van der Waals surface area contributed by atoms with Gasteiger partial charge in [-0.3, -0.25) is 9.48 Å². The predicted octanol–water partition coefficient (Wildman–Crippen LogP) is 1.50. The zero-order chi connectivity index (χ0) is 15.7. The first-order chi connectivity index (χ1) is 10.6. The Morgan fingerprint density at radius 3 is 2.95 bits per heavy atom. The van der Waals surface area contributed by atoms with E-state index in [-0.39, 0.29) is 18.6 Å². The molecule has 7 nitrogen and oxygen atoms in total. The Hall–Kier alpha value is -2.31. The van der Waals surface area contributed by atoms with Gasteiger partial charge in [0, 0.05) is 26.0 Å². The molecule has 22 heavy (non-hydrogen) atoms. The number of amides is 1. The summed E-state index contributed by atoms with van der Waals surface area (Å²) < 4.78 is 7.48. The fourth-order valence-electron chi connectivity index (χ4n) is 2.99. The maximum atomic E-state index is 12.5. The molecule has 0 spiro atoms. The third kappa shape index (κ3) is 2.58. The lowest BCUT2D eigenvalue weighted by atomic mass is 10.2. The van der Waals surface area contributed by atoms with E-state index in [0.29, 0.717) is 5.75 Å². The summed E-state index contributed by atoms with van der Waals surface area (Å²) in [7, 11) is 1.87. The van der Waals surface area contributed by atoms with Gasteiger partial charge >= 0.3 is 0 Å². The van der Waals surface area contributed by atoms with Crippen LogP contribution in [-0.4, -0.2) is 43.7 Å². The summed E-state index contributed by atoms with van der Waals surface area (Å²) in [5.74, 6) is 1.53. The van der Waals surface area contributed by atoms with E-state index in [1.807, 2.05) is 25.8 Å². The lowest BCUT2D eigenvalue weighted by molar-refractivity contribution is -0.134. The van der Waals surface area contributed by atoms with Crippen LogP contribution in [-0.2, 0) is 11.8 Å². The highest BCUT2D eigenvalue weighted by atomic mass is 16.5. The van der Waals surface area contributed by atoms with Gasteiger partial charge in [0.2, 0.25) is 0 Å². The average Bonchev–Trinajstić information content (AvgIpc) is 3.20. The summed E-state index contributed by atoms with van der Waals surface area (Å²) in [5.41, 5.74) is 1.73. The number of aryl methyl sites for hydroxylation is 2. The van der Waals surface area contributed by atoms with Crippen molar-refractivity contribution in [1.82, 2.24) is 24.6 Å². The Bertz CT molecular complexity index is 662. The highest BCUT2D eigenvalue weighted by Gasteiger charge is 2.31. The van der Waals surface area contributed by atoms with E-state index in [1.165, 1.54) is 0 Å². The van der Waals surface area contributed by atoms with Crippen LogP contribution in [0.15, 0.2) is 12.4 Å². The van der Waals surface area contributed by atoms with Crippen LogP contribution in [0.25, 0.3) is 0 Å². The first kappa shape index (κ1) is 14.6. The molecule has 1 aliphatic heterocycles. The number of ether oxygens (including phenoxy) is 1. The van der Waals surface area contributed by atoms with E-state index in [2.05, 4.69) is 15.1 Å². The topological polar surface area (TPSA) is 76.0 Å². The number of hydrogen-bond acceptors (Lipinski definition) is 4. The number of aromatic amines is 1. The quantitative estimate of drug-likeness (QED) is 0.928. The van der Waals surface area contributed by atoms with Gasteiger partial charge in [0.1, 0.15) is 11.5 Å². The van der Waals surface area contributed by atoms with Crippen molar-refractivity contribution in [1.29, 1.82) is 0 Å². The van der Waals surface area contributed by atoms with Crippen LogP contribution in [0.4, 0.5) is 0 Å². The summed E-state index contributed by atoms with van der Waals surface area (Å²) in [6.07, 6.45) is 5.43. The SMILES string of the molecule is Cc1nn(C)c(C)c1OCC(=O)N1CCCC1c1ncc[nH]1. The molecule has 7 heteroatoms. The van der Waals surface area contributed by atoms with E-state index < -0.39 is 0 Å². The van der Waals surface area contributed by atoms with Gasteiger partial charge < -0.3 is 14.6 Å². The number of rotatable bonds is 4. The molecule has 2 aromatic heterocycles.